The van der Waals surface area contributed by atoms with Crippen LogP contribution in [0.4, 0.5) is 91.0 Å². The second kappa shape index (κ2) is 41.0. The fourth-order valence-electron chi connectivity index (χ4n) is 17.7. The van der Waals surface area contributed by atoms with Gasteiger partial charge in [0.1, 0.15) is 0 Å². The monoisotopic (exact) mass is 2510 g/mol. The number of fused-ring (bicyclic) bond motifs is 7. The molecule has 0 fully saturated rings. The van der Waals surface area contributed by atoms with Crippen molar-refractivity contribution in [2.24, 2.45) is 0 Å². The van der Waals surface area contributed by atoms with Gasteiger partial charge in [-0.15, -0.1) is 133 Å². The molecule has 0 unspecified atom stereocenters. The first-order valence-electron chi connectivity index (χ1n) is 43.2. The van der Waals surface area contributed by atoms with Crippen LogP contribution in [-0.4, -0.2) is 84.1 Å². The van der Waals surface area contributed by atoms with Gasteiger partial charge in [0, 0.05) is 62.4 Å². The fraction of sp³-hybridized carbons (Fsp3) is 0.0991. The van der Waals surface area contributed by atoms with E-state index in [2.05, 4.69) is 443 Å². The van der Waals surface area contributed by atoms with Crippen LogP contribution in [0, 0.1) is 102 Å². The third-order valence-electron chi connectivity index (χ3n) is 24.1. The zero-order chi connectivity index (χ0) is 88.7. The number of rotatable bonds is 16. The molecule has 8 heterocycles. The molecular weight excluding hydrogens is 2410 g/mol. The van der Waals surface area contributed by atoms with Crippen molar-refractivity contribution in [2.75, 3.05) is 115 Å². The molecule has 9 aliphatic rings. The molecule has 0 amide bonds. The Morgan fingerprint density at radius 1 is 0.254 bits per heavy atom. The van der Waals surface area contributed by atoms with Crippen molar-refractivity contribution in [1.82, 2.24) is 19.6 Å². The van der Waals surface area contributed by atoms with E-state index in [9.17, 15) is 0 Å². The molecule has 23 heteroatoms. The quantitative estimate of drug-likeness (QED) is 0.0681. The molecule has 134 heavy (non-hydrogen) atoms. The van der Waals surface area contributed by atoms with E-state index in [4.69, 9.17) is 4.74 Å². The fourth-order valence-corrected chi connectivity index (χ4v) is 20.7. The van der Waals surface area contributed by atoms with E-state index in [0.29, 0.717) is 11.5 Å². The summed E-state index contributed by atoms with van der Waals surface area (Å²) in [7, 11) is 14.4. The van der Waals surface area contributed by atoms with Crippen LogP contribution in [0.1, 0.15) is 22.3 Å². The summed E-state index contributed by atoms with van der Waals surface area (Å²) in [6.07, 6.45) is 16.3. The number of hydrogen-bond donors (Lipinski definition) is 0. The average molecular weight is 2510 g/mol. The first kappa shape index (κ1) is 95.1. The molecule has 0 spiro atoms. The Bertz CT molecular complexity index is 6460. The van der Waals surface area contributed by atoms with E-state index >= 15 is 0 Å². The van der Waals surface area contributed by atoms with Crippen molar-refractivity contribution >= 4 is 121 Å². The Kier molecular flexibility index (Phi) is 29.1. The Hall–Kier alpha value is -12.0. The first-order chi connectivity index (χ1) is 63.4. The van der Waals surface area contributed by atoms with Crippen LogP contribution in [0.25, 0.3) is 11.1 Å². The number of hydrogen-bond acceptors (Lipinski definition) is 18. The standard InChI is InChI=1S/C37H28N4.C26H26N4Si.C24H20N4O.C24H20N4S.4Pt/c1-38-21-22-40(25-38)29-13-9-11-27(23-29)37(33-17-5-3-15-31(33)32-16-4-6-18-34(32)37)28-12-10-14-30(24-28)41-26-39(2)35-19-7-8-20-36(35)41;1-27-15-16-29(19-27)21-9-7-11-23(17-21)31(3,4)24-12-8-10-22(18-24)30-20-28(2)25-13-5-6-14-26(25)30;2*1-25-13-14-27(17-25)19-7-5-9-21(15-19)29-22-10-6-8-20(16-22)28-18-26(2)23-11-3-4-12-24(23)28;;;;/h3-22,25-26H,1-2H3;5-16,19-20H,1-4H3;2*3-14,17-18H,1-2H3;;;;/q4*-4;4*+4. The molecule has 23 rings (SSSR count). The number of anilines is 16. The van der Waals surface area contributed by atoms with E-state index in [1.54, 1.807) is 11.8 Å². The van der Waals surface area contributed by atoms with Gasteiger partial charge < -0.3 is 83.1 Å². The third-order valence-corrected chi connectivity index (χ3v) is 28.3. The van der Waals surface area contributed by atoms with Gasteiger partial charge in [-0.05, 0) is 177 Å². The Balaban J connectivity index is 0.000000130. The Morgan fingerprint density at radius 3 is 0.903 bits per heavy atom. The minimum Gasteiger partial charge on any atom is -0.510 e. The van der Waals surface area contributed by atoms with Crippen LogP contribution >= 0.6 is 11.8 Å². The first-order valence-corrected chi connectivity index (χ1v) is 47.0. The summed E-state index contributed by atoms with van der Waals surface area (Å²) in [5.74, 6) is 1.30. The molecule has 0 N–H and O–H groups in total. The smallest absolute Gasteiger partial charge is 0.510 e. The maximum absolute atomic E-state index is 6.08. The van der Waals surface area contributed by atoms with Gasteiger partial charge in [-0.3, -0.25) is 0 Å². The zero-order valence-corrected chi connectivity index (χ0v) is 86.1. The van der Waals surface area contributed by atoms with Crippen molar-refractivity contribution in [3.05, 3.63) is 465 Å². The summed E-state index contributed by atoms with van der Waals surface area (Å²) in [6.45, 7) is 21.3. The van der Waals surface area contributed by atoms with E-state index in [-0.39, 0.29) is 84.3 Å². The zero-order valence-electron chi connectivity index (χ0n) is 75.2. The summed E-state index contributed by atoms with van der Waals surface area (Å²) < 4.78 is 6.08. The third kappa shape index (κ3) is 19.1. The molecule has 0 saturated carbocycles. The molecule has 0 radical (unpaired) electrons. The maximum Gasteiger partial charge on any atom is 4.00 e. The van der Waals surface area contributed by atoms with Crippen molar-refractivity contribution in [1.29, 1.82) is 0 Å². The Morgan fingerprint density at radius 2 is 0.522 bits per heavy atom. The van der Waals surface area contributed by atoms with E-state index in [0.717, 1.165) is 83.5 Å². The second-order valence-electron chi connectivity index (χ2n) is 33.4. The molecule has 0 aromatic heterocycles. The van der Waals surface area contributed by atoms with E-state index < -0.39 is 13.5 Å². The predicted octanol–water partition coefficient (Wildman–Crippen LogP) is 22.5. The molecule has 674 valence electrons. The van der Waals surface area contributed by atoms with Gasteiger partial charge in [-0.25, -0.2) is 0 Å². The summed E-state index contributed by atoms with van der Waals surface area (Å²) in [6, 6.07) is 130. The molecular formula is C111H94N16OPt4SSi. The van der Waals surface area contributed by atoms with Crippen LogP contribution < -0.4 is 73.9 Å². The van der Waals surface area contributed by atoms with Gasteiger partial charge >= 0.3 is 84.3 Å². The predicted molar refractivity (Wildman–Crippen MR) is 534 cm³/mol. The van der Waals surface area contributed by atoms with E-state index in [1.165, 1.54) is 61.1 Å². The van der Waals surface area contributed by atoms with Gasteiger partial charge in [0.25, 0.3) is 0 Å². The number of benzene rings is 14. The largest absolute Gasteiger partial charge is 4.00 e. The summed E-state index contributed by atoms with van der Waals surface area (Å²) in [5, 5.41) is 2.55. The van der Waals surface area contributed by atoms with Crippen LogP contribution in [0.2, 0.25) is 13.1 Å². The number of ether oxygens (including phenoxy) is 1. The number of para-hydroxylation sites is 8. The molecule has 17 nitrogen and oxygen atoms in total. The SMILES string of the molecule is CN1C=CN(c2[c-]c(C3(c4[c-]c(N5[CH-]N(C)c6ccccc65)ccc4)c4ccccc4-c4ccccc43)ccc2)[CH-]1.CN1C=CN(c2[c-]c(Oc3[c-]c(N4[CH-]N(C)c5ccccc54)ccc3)ccc2)[CH-]1.CN1C=CN(c2[c-]c(Sc3[c-]c(N4[CH-]N(C)c5ccccc54)ccc3)ccc2)[CH-]1.CN1C=CN(c2[c-]c([Si](C)(C)c3[c-]c(N4[CH-]N(C)c5ccccc54)ccc3)ccc2)[CH-]1.[Pt+4].[Pt+4].[Pt+4].[Pt+4]. The summed E-state index contributed by atoms with van der Waals surface area (Å²) in [4.78, 5) is 35.8. The van der Waals surface area contributed by atoms with Crippen LogP contribution in [0.5, 0.6) is 11.5 Å². The van der Waals surface area contributed by atoms with Gasteiger partial charge in [0.2, 0.25) is 0 Å². The second-order valence-corrected chi connectivity index (χ2v) is 38.8. The van der Waals surface area contributed by atoms with Crippen molar-refractivity contribution in [3.8, 4) is 22.6 Å². The van der Waals surface area contributed by atoms with Gasteiger partial charge in [0.15, 0.2) is 0 Å². The maximum atomic E-state index is 6.08. The van der Waals surface area contributed by atoms with Gasteiger partial charge in [-0.1, -0.05) is 110 Å². The van der Waals surface area contributed by atoms with Crippen molar-refractivity contribution in [2.45, 2.75) is 28.3 Å². The molecule has 0 bridgehead atoms. The van der Waals surface area contributed by atoms with Crippen molar-refractivity contribution in [3.63, 3.8) is 0 Å². The molecule has 0 saturated heterocycles. The average Bonchev–Trinajstić information content (AvgIpc) is 1.53. The van der Waals surface area contributed by atoms with Crippen molar-refractivity contribution < 1.29 is 89.0 Å². The normalized spacial score (nSPS) is 15.2. The van der Waals surface area contributed by atoms with Gasteiger partial charge in [-0.2, -0.15) is 203 Å². The number of nitrogens with zero attached hydrogens (tertiary/aromatic N) is 16. The minimum atomic E-state index is -1.99. The van der Waals surface area contributed by atoms with Crippen LogP contribution in [0.15, 0.2) is 351 Å². The van der Waals surface area contributed by atoms with E-state index in [1.807, 2.05) is 148 Å². The molecule has 0 atom stereocenters. The molecule has 14 aromatic carbocycles. The summed E-state index contributed by atoms with van der Waals surface area (Å²) in [5.41, 5.74) is 24.0. The topological polar surface area (TPSA) is 61.1 Å². The summed E-state index contributed by atoms with van der Waals surface area (Å²) >= 11 is 1.67. The molecule has 14 aromatic rings. The van der Waals surface area contributed by atoms with Crippen LogP contribution in [-0.2, 0) is 89.7 Å². The van der Waals surface area contributed by atoms with Crippen LogP contribution in [0.3, 0.4) is 0 Å². The molecule has 1 aliphatic carbocycles. The Labute approximate surface area is 853 Å². The minimum absolute atomic E-state index is 0. The van der Waals surface area contributed by atoms with Gasteiger partial charge in [0.05, 0.1) is 8.07 Å². The molecule has 8 aliphatic heterocycles.